The number of rotatable bonds is 4. The molecular weight excluding hydrogens is 148 g/mol. The number of ether oxygens (including phenoxy) is 1. The van der Waals surface area contributed by atoms with Crippen LogP contribution in [0.1, 0.15) is 6.92 Å². The van der Waals surface area contributed by atoms with Crippen molar-refractivity contribution in [2.75, 3.05) is 19.7 Å². The molecule has 3 N–H and O–H groups in total. The molecule has 0 bridgehead atoms. The molecule has 0 atom stereocenters. The molecule has 0 radical (unpaired) electrons. The van der Waals surface area contributed by atoms with E-state index in [1.54, 1.807) is 0 Å². The summed E-state index contributed by atoms with van der Waals surface area (Å²) < 4.78 is 4.56. The fraction of sp³-hybridized carbons (Fsp3) is 0.667. The topological polar surface area (TPSA) is 81.4 Å². The zero-order chi connectivity index (χ0) is 8.69. The Bertz CT molecular complexity index is 147. The number of nitrogens with one attached hydrogen (secondary N) is 1. The maximum absolute atomic E-state index is 10.6. The first-order valence-corrected chi connectivity index (χ1v) is 3.27. The van der Waals surface area contributed by atoms with Crippen LogP contribution in [-0.4, -0.2) is 31.6 Å². The van der Waals surface area contributed by atoms with Gasteiger partial charge in [-0.1, -0.05) is 0 Å². The van der Waals surface area contributed by atoms with Crippen molar-refractivity contribution in [3.8, 4) is 0 Å². The van der Waals surface area contributed by atoms with E-state index in [9.17, 15) is 9.59 Å². The maximum atomic E-state index is 10.6. The van der Waals surface area contributed by atoms with Gasteiger partial charge < -0.3 is 15.8 Å². The molecule has 0 spiro atoms. The van der Waals surface area contributed by atoms with E-state index in [1.165, 1.54) is 6.92 Å². The van der Waals surface area contributed by atoms with Crippen LogP contribution >= 0.6 is 0 Å². The summed E-state index contributed by atoms with van der Waals surface area (Å²) in [5.74, 6) is -0.722. The van der Waals surface area contributed by atoms with Crippen LogP contribution < -0.4 is 11.1 Å². The van der Waals surface area contributed by atoms with Gasteiger partial charge in [-0.2, -0.15) is 0 Å². The van der Waals surface area contributed by atoms with Gasteiger partial charge >= 0.3 is 5.97 Å². The van der Waals surface area contributed by atoms with Crippen LogP contribution in [0.4, 0.5) is 0 Å². The van der Waals surface area contributed by atoms with Crippen LogP contribution in [0.15, 0.2) is 0 Å². The van der Waals surface area contributed by atoms with Crippen molar-refractivity contribution in [2.45, 2.75) is 6.92 Å². The Kier molecular flexibility index (Phi) is 5.10. The van der Waals surface area contributed by atoms with Crippen LogP contribution in [0.2, 0.25) is 0 Å². The number of amides is 1. The number of hydrogen-bond donors (Lipinski definition) is 2. The third-order valence-electron chi connectivity index (χ3n) is 0.863. The fourth-order valence-corrected chi connectivity index (χ4v) is 0.420. The van der Waals surface area contributed by atoms with Gasteiger partial charge in [0.05, 0.1) is 0 Å². The van der Waals surface area contributed by atoms with Gasteiger partial charge in [-0.15, -0.1) is 0 Å². The number of hydrogen-bond acceptors (Lipinski definition) is 4. The minimum absolute atomic E-state index is 0.0880. The highest BCUT2D eigenvalue weighted by Crippen LogP contribution is 1.74. The van der Waals surface area contributed by atoms with E-state index in [1.807, 2.05) is 0 Å². The van der Waals surface area contributed by atoms with Crippen LogP contribution in [0.3, 0.4) is 0 Å². The van der Waals surface area contributed by atoms with Crippen molar-refractivity contribution in [1.82, 2.24) is 5.32 Å². The fourth-order valence-electron chi connectivity index (χ4n) is 0.420. The Morgan fingerprint density at radius 3 is 2.64 bits per heavy atom. The van der Waals surface area contributed by atoms with Gasteiger partial charge in [0.1, 0.15) is 13.2 Å². The molecule has 0 rings (SSSR count). The quantitative estimate of drug-likeness (QED) is 0.497. The smallest absolute Gasteiger partial charge is 0.325 e. The molecule has 0 saturated heterocycles. The summed E-state index contributed by atoms with van der Waals surface area (Å²) in [6, 6.07) is 0. The molecular formula is C6H12N2O3. The third kappa shape index (κ3) is 6.79. The molecule has 0 aliphatic carbocycles. The highest BCUT2D eigenvalue weighted by atomic mass is 16.5. The SMILES string of the molecule is CC(=O)NCC(=O)OCCN. The largest absolute Gasteiger partial charge is 0.463 e. The first-order valence-electron chi connectivity index (χ1n) is 3.27. The van der Waals surface area contributed by atoms with Gasteiger partial charge in [-0.25, -0.2) is 0 Å². The highest BCUT2D eigenvalue weighted by molar-refractivity contribution is 5.80. The predicted molar refractivity (Wildman–Crippen MR) is 38.7 cm³/mol. The van der Waals surface area contributed by atoms with E-state index in [4.69, 9.17) is 5.73 Å². The lowest BCUT2D eigenvalue weighted by Gasteiger charge is -2.02. The molecule has 1 amide bonds. The van der Waals surface area contributed by atoms with E-state index in [-0.39, 0.29) is 19.1 Å². The zero-order valence-electron chi connectivity index (χ0n) is 6.42. The van der Waals surface area contributed by atoms with E-state index < -0.39 is 5.97 Å². The van der Waals surface area contributed by atoms with Crippen molar-refractivity contribution in [2.24, 2.45) is 5.73 Å². The average Bonchev–Trinajstić information content (AvgIpc) is 1.97. The lowest BCUT2D eigenvalue weighted by Crippen LogP contribution is -2.29. The summed E-state index contributed by atoms with van der Waals surface area (Å²) in [5, 5.41) is 2.30. The summed E-state index contributed by atoms with van der Waals surface area (Å²) in [4.78, 5) is 20.9. The molecule has 0 unspecified atom stereocenters. The normalized spacial score (nSPS) is 8.91. The monoisotopic (exact) mass is 160 g/mol. The van der Waals surface area contributed by atoms with E-state index in [0.717, 1.165) is 0 Å². The van der Waals surface area contributed by atoms with Gasteiger partial charge in [0.25, 0.3) is 0 Å². The third-order valence-corrected chi connectivity index (χ3v) is 0.863. The maximum Gasteiger partial charge on any atom is 0.325 e. The Hall–Kier alpha value is -1.10. The number of esters is 1. The number of carbonyl (C=O) groups is 2. The second kappa shape index (κ2) is 5.67. The van der Waals surface area contributed by atoms with E-state index in [0.29, 0.717) is 6.54 Å². The molecule has 64 valence electrons. The van der Waals surface area contributed by atoms with Gasteiger partial charge in [0.2, 0.25) is 5.91 Å². The molecule has 0 aromatic carbocycles. The molecule has 5 nitrogen and oxygen atoms in total. The number of nitrogens with two attached hydrogens (primary N) is 1. The van der Waals surface area contributed by atoms with Gasteiger partial charge in [0.15, 0.2) is 0 Å². The summed E-state index contributed by atoms with van der Waals surface area (Å²) in [6.45, 7) is 1.73. The first kappa shape index (κ1) is 9.90. The van der Waals surface area contributed by atoms with Crippen molar-refractivity contribution >= 4 is 11.9 Å². The first-order chi connectivity index (χ1) is 5.16. The van der Waals surface area contributed by atoms with E-state index >= 15 is 0 Å². The Morgan fingerprint density at radius 1 is 1.55 bits per heavy atom. The summed E-state index contributed by atoms with van der Waals surface area (Å²) in [7, 11) is 0. The molecule has 0 aliphatic heterocycles. The van der Waals surface area contributed by atoms with Crippen LogP contribution in [0, 0.1) is 0 Å². The minimum atomic E-state index is -0.467. The van der Waals surface area contributed by atoms with Gasteiger partial charge in [-0.05, 0) is 0 Å². The molecule has 0 saturated carbocycles. The summed E-state index contributed by atoms with van der Waals surface area (Å²) in [6.07, 6.45) is 0. The number of carbonyl (C=O) groups excluding carboxylic acids is 2. The van der Waals surface area contributed by atoms with Crippen molar-refractivity contribution in [3.63, 3.8) is 0 Å². The van der Waals surface area contributed by atoms with Gasteiger partial charge in [-0.3, -0.25) is 9.59 Å². The lowest BCUT2D eigenvalue weighted by atomic mass is 10.6. The Labute approximate surface area is 64.9 Å². The predicted octanol–water partition coefficient (Wildman–Crippen LogP) is -1.38. The van der Waals surface area contributed by atoms with Crippen molar-refractivity contribution in [1.29, 1.82) is 0 Å². The van der Waals surface area contributed by atoms with E-state index in [2.05, 4.69) is 10.1 Å². The minimum Gasteiger partial charge on any atom is -0.463 e. The van der Waals surface area contributed by atoms with Crippen LogP contribution in [0.25, 0.3) is 0 Å². The summed E-state index contributed by atoms with van der Waals surface area (Å²) >= 11 is 0. The Balaban J connectivity index is 3.30. The molecule has 0 aliphatic rings. The van der Waals surface area contributed by atoms with Gasteiger partial charge in [0, 0.05) is 13.5 Å². The molecule has 0 aromatic rings. The summed E-state index contributed by atoms with van der Waals surface area (Å²) in [5.41, 5.74) is 5.07. The second-order valence-corrected chi connectivity index (χ2v) is 1.92. The molecule has 0 fully saturated rings. The Morgan fingerprint density at radius 2 is 2.18 bits per heavy atom. The van der Waals surface area contributed by atoms with Crippen LogP contribution in [0.5, 0.6) is 0 Å². The molecule has 0 aromatic heterocycles. The molecule has 0 heterocycles. The van der Waals surface area contributed by atoms with Crippen molar-refractivity contribution < 1.29 is 14.3 Å². The standard InChI is InChI=1S/C6H12N2O3/c1-5(9)8-4-6(10)11-3-2-7/h2-4,7H2,1H3,(H,8,9). The average molecular weight is 160 g/mol. The molecule has 5 heteroatoms. The second-order valence-electron chi connectivity index (χ2n) is 1.92. The van der Waals surface area contributed by atoms with Crippen molar-refractivity contribution in [3.05, 3.63) is 0 Å². The van der Waals surface area contributed by atoms with Crippen LogP contribution in [-0.2, 0) is 14.3 Å². The molecule has 11 heavy (non-hydrogen) atoms. The zero-order valence-corrected chi connectivity index (χ0v) is 6.42. The lowest BCUT2D eigenvalue weighted by molar-refractivity contribution is -0.143. The highest BCUT2D eigenvalue weighted by Gasteiger charge is 2.01.